The summed E-state index contributed by atoms with van der Waals surface area (Å²) in [6, 6.07) is 7.84. The number of hydrogen-bond acceptors (Lipinski definition) is 4. The van der Waals surface area contributed by atoms with Gasteiger partial charge in [-0.1, -0.05) is 31.9 Å². The number of nitriles is 1. The Morgan fingerprint density at radius 3 is 2.25 bits per heavy atom. The number of hydrogen-bond donors (Lipinski definition) is 1. The molecule has 128 valence electrons. The first kappa shape index (κ1) is 19.9. The summed E-state index contributed by atoms with van der Waals surface area (Å²) in [4.78, 5) is 3.73. The lowest BCUT2D eigenvalue weighted by Gasteiger charge is -2.28. The van der Waals surface area contributed by atoms with Gasteiger partial charge in [-0.05, 0) is 29.8 Å². The summed E-state index contributed by atoms with van der Waals surface area (Å²) in [5.41, 5.74) is 0.582. The topological polar surface area (TPSA) is 39.9 Å². The predicted molar refractivity (Wildman–Crippen MR) is 85.5 cm³/mol. The minimum Gasteiger partial charge on any atom is -0.263 e. The smallest absolute Gasteiger partial charge is 0.263 e. The summed E-state index contributed by atoms with van der Waals surface area (Å²) in [7, 11) is 0. The third kappa shape index (κ3) is 6.18. The van der Waals surface area contributed by atoms with Crippen LogP contribution >= 0.6 is 12.8 Å². The second-order valence-electron chi connectivity index (χ2n) is 4.60. The van der Waals surface area contributed by atoms with Crippen LogP contribution in [0.25, 0.3) is 0 Å². The zero-order chi connectivity index (χ0) is 18.2. The largest absolute Gasteiger partial charge is 0.408 e. The van der Waals surface area contributed by atoms with E-state index in [0.717, 1.165) is 28.6 Å². The van der Waals surface area contributed by atoms with E-state index in [1.54, 1.807) is 25.3 Å². The lowest BCUT2D eigenvalue weighted by atomic mass is 10.1. The van der Waals surface area contributed by atoms with Crippen molar-refractivity contribution in [2.75, 3.05) is 6.54 Å². The summed E-state index contributed by atoms with van der Waals surface area (Å²) in [5, 5.41) is 8.25. The van der Waals surface area contributed by atoms with Gasteiger partial charge >= 0.3 is 6.18 Å². The van der Waals surface area contributed by atoms with Crippen LogP contribution in [0.15, 0.2) is 48.8 Å². The van der Waals surface area contributed by atoms with Crippen LogP contribution in [0.3, 0.4) is 0 Å². The molecule has 1 heterocycles. The molecule has 0 amide bonds. The number of halogens is 4. The first-order valence-electron chi connectivity index (χ1n) is 6.87. The second-order valence-corrected chi connectivity index (χ2v) is 5.12. The fraction of sp³-hybridized carbons (Fsp3) is 0.250. The third-order valence-electron chi connectivity index (χ3n) is 2.91. The summed E-state index contributed by atoms with van der Waals surface area (Å²) < 4.78 is 51.8. The maximum atomic E-state index is 12.8. The molecule has 0 saturated heterocycles. The van der Waals surface area contributed by atoms with Crippen LogP contribution in [0.1, 0.15) is 24.1 Å². The Bertz CT molecular complexity index is 654. The average molecular weight is 357 g/mol. The zero-order valence-electron chi connectivity index (χ0n) is 12.7. The molecule has 0 aliphatic rings. The molecule has 24 heavy (non-hydrogen) atoms. The van der Waals surface area contributed by atoms with Gasteiger partial charge in [0.05, 0.1) is 5.56 Å². The van der Waals surface area contributed by atoms with Gasteiger partial charge < -0.3 is 0 Å². The minimum atomic E-state index is -4.43. The van der Waals surface area contributed by atoms with Gasteiger partial charge in [-0.2, -0.15) is 18.4 Å². The number of benzene rings is 1. The molecule has 2 rings (SSSR count). The van der Waals surface area contributed by atoms with Crippen LogP contribution in [-0.4, -0.2) is 22.0 Å². The lowest BCUT2D eigenvalue weighted by molar-refractivity contribution is -0.171. The molecule has 0 aliphatic heterocycles. The average Bonchev–Trinajstić information content (AvgIpc) is 2.57. The van der Waals surface area contributed by atoms with Crippen molar-refractivity contribution in [3.63, 3.8) is 0 Å². The molecule has 0 radical (unpaired) electrons. The van der Waals surface area contributed by atoms with Crippen LogP contribution < -0.4 is 0 Å². The van der Waals surface area contributed by atoms with Gasteiger partial charge in [0.2, 0.25) is 0 Å². The van der Waals surface area contributed by atoms with Gasteiger partial charge in [-0.3, -0.25) is 4.98 Å². The van der Waals surface area contributed by atoms with E-state index in [4.69, 9.17) is 5.26 Å². The number of rotatable bonds is 3. The highest BCUT2D eigenvalue weighted by Crippen LogP contribution is 2.38. The highest BCUT2D eigenvalue weighted by Gasteiger charge is 2.43. The number of alkyl halides is 3. The quantitative estimate of drug-likeness (QED) is 0.647. The number of pyridine rings is 1. The van der Waals surface area contributed by atoms with E-state index >= 15 is 0 Å². The fourth-order valence-corrected chi connectivity index (χ4v) is 2.05. The molecule has 8 heteroatoms. The maximum absolute atomic E-state index is 12.8. The first-order valence-corrected chi connectivity index (χ1v) is 7.27. The SMILES string of the molecule is CCN(S)C(c1ccc(F)cc1)C(F)(F)F.N#Cc1cccnc1. The van der Waals surface area contributed by atoms with Crippen molar-refractivity contribution >= 4 is 12.8 Å². The molecule has 0 aliphatic carbocycles. The molecule has 0 fully saturated rings. The molecular weight excluding hydrogens is 342 g/mol. The second kappa shape index (κ2) is 9.25. The Hall–Kier alpha value is -2.11. The van der Waals surface area contributed by atoms with Crippen molar-refractivity contribution in [1.82, 2.24) is 9.29 Å². The van der Waals surface area contributed by atoms with E-state index in [1.807, 2.05) is 6.07 Å². The van der Waals surface area contributed by atoms with E-state index in [1.165, 1.54) is 6.20 Å². The van der Waals surface area contributed by atoms with Crippen LogP contribution in [0.2, 0.25) is 0 Å². The molecule has 0 spiro atoms. The summed E-state index contributed by atoms with van der Waals surface area (Å²) in [6.45, 7) is 1.69. The highest BCUT2D eigenvalue weighted by atomic mass is 32.1. The van der Waals surface area contributed by atoms with E-state index in [9.17, 15) is 17.6 Å². The van der Waals surface area contributed by atoms with Gasteiger partial charge in [0, 0.05) is 18.9 Å². The fourth-order valence-electron chi connectivity index (χ4n) is 1.79. The Balaban J connectivity index is 0.000000300. The van der Waals surface area contributed by atoms with Crippen molar-refractivity contribution in [3.05, 3.63) is 65.7 Å². The van der Waals surface area contributed by atoms with Crippen LogP contribution in [0.5, 0.6) is 0 Å². The normalized spacial score (nSPS) is 12.1. The molecule has 1 aromatic carbocycles. The van der Waals surface area contributed by atoms with Crippen molar-refractivity contribution in [1.29, 1.82) is 5.26 Å². The Morgan fingerprint density at radius 2 is 1.88 bits per heavy atom. The summed E-state index contributed by atoms with van der Waals surface area (Å²) >= 11 is 3.78. The molecule has 0 saturated carbocycles. The summed E-state index contributed by atoms with van der Waals surface area (Å²) in [6.07, 6.45) is -1.27. The molecule has 1 unspecified atom stereocenters. The van der Waals surface area contributed by atoms with E-state index in [0.29, 0.717) is 5.56 Å². The number of thiol groups is 1. The molecule has 1 aromatic heterocycles. The molecular formula is C16H15F4N3S. The lowest BCUT2D eigenvalue weighted by Crippen LogP contribution is -2.32. The highest BCUT2D eigenvalue weighted by molar-refractivity contribution is 7.77. The monoisotopic (exact) mass is 357 g/mol. The Morgan fingerprint density at radius 1 is 1.25 bits per heavy atom. The van der Waals surface area contributed by atoms with Gasteiger partial charge in [-0.25, -0.2) is 8.70 Å². The zero-order valence-corrected chi connectivity index (χ0v) is 13.6. The Labute approximate surface area is 143 Å². The molecule has 0 bridgehead atoms. The minimum absolute atomic E-state index is 0.0225. The van der Waals surface area contributed by atoms with Crippen molar-refractivity contribution in [3.8, 4) is 6.07 Å². The Kier molecular flexibility index (Phi) is 7.68. The van der Waals surface area contributed by atoms with Gasteiger partial charge in [0.15, 0.2) is 0 Å². The van der Waals surface area contributed by atoms with Gasteiger partial charge in [-0.15, -0.1) is 0 Å². The summed E-state index contributed by atoms with van der Waals surface area (Å²) in [5.74, 6) is -0.563. The van der Waals surface area contributed by atoms with Gasteiger partial charge in [0.1, 0.15) is 17.9 Å². The van der Waals surface area contributed by atoms with Crippen molar-refractivity contribution < 1.29 is 17.6 Å². The van der Waals surface area contributed by atoms with E-state index < -0.39 is 18.0 Å². The van der Waals surface area contributed by atoms with Crippen molar-refractivity contribution in [2.24, 2.45) is 0 Å². The third-order valence-corrected chi connectivity index (χ3v) is 3.42. The van der Waals surface area contributed by atoms with Crippen LogP contribution in [-0.2, 0) is 0 Å². The van der Waals surface area contributed by atoms with Crippen LogP contribution in [0, 0.1) is 17.1 Å². The molecule has 3 nitrogen and oxygen atoms in total. The standard InChI is InChI=1S/C10H11F4NS.C6H4N2/c1-2-15(16)9(10(12,13)14)7-3-5-8(11)6-4-7;7-4-6-2-1-3-8-5-6/h3-6,9,16H,2H2,1H3;1-3,5H. The van der Waals surface area contributed by atoms with Crippen LogP contribution in [0.4, 0.5) is 17.6 Å². The number of nitrogens with zero attached hydrogens (tertiary/aromatic N) is 3. The molecule has 1 atom stereocenters. The predicted octanol–water partition coefficient (Wildman–Crippen LogP) is 4.55. The molecule has 0 N–H and O–H groups in total. The maximum Gasteiger partial charge on any atom is 0.408 e. The molecule has 2 aromatic rings. The van der Waals surface area contributed by atoms with Gasteiger partial charge in [0.25, 0.3) is 0 Å². The van der Waals surface area contributed by atoms with Crippen molar-refractivity contribution in [2.45, 2.75) is 19.1 Å². The van der Waals surface area contributed by atoms with E-state index in [-0.39, 0.29) is 12.1 Å². The van der Waals surface area contributed by atoms with E-state index in [2.05, 4.69) is 17.8 Å². The number of aromatic nitrogens is 1. The first-order chi connectivity index (χ1) is 11.3.